The van der Waals surface area contributed by atoms with Crippen LogP contribution in [-0.4, -0.2) is 31.7 Å². The predicted octanol–water partition coefficient (Wildman–Crippen LogP) is 4.18. The summed E-state index contributed by atoms with van der Waals surface area (Å²) < 4.78 is 91.5. The molecule has 0 spiro atoms. The molecule has 2 rings (SSSR count). The SMILES string of the molecule is CNC1CCc2cc(C(F)(C(F)(F)F)C(F)(F)F)ccc2[C@@H]1CC=O. The van der Waals surface area contributed by atoms with E-state index in [2.05, 4.69) is 5.32 Å². The monoisotopic (exact) mass is 371 g/mol. The topological polar surface area (TPSA) is 29.1 Å². The van der Waals surface area contributed by atoms with Gasteiger partial charge in [-0.15, -0.1) is 0 Å². The van der Waals surface area contributed by atoms with Gasteiger partial charge in [-0.3, -0.25) is 0 Å². The second-order valence-corrected chi connectivity index (χ2v) is 6.01. The van der Waals surface area contributed by atoms with E-state index in [9.17, 15) is 35.5 Å². The molecular weight excluding hydrogens is 355 g/mol. The molecule has 0 aliphatic heterocycles. The second kappa shape index (κ2) is 6.59. The zero-order chi connectivity index (χ0) is 19.0. The Bertz CT molecular complexity index is 624. The lowest BCUT2D eigenvalue weighted by Gasteiger charge is -2.35. The van der Waals surface area contributed by atoms with E-state index < -0.39 is 23.6 Å². The summed E-state index contributed by atoms with van der Waals surface area (Å²) in [6.07, 6.45) is -11.0. The van der Waals surface area contributed by atoms with Crippen LogP contribution in [0.25, 0.3) is 0 Å². The molecule has 1 aromatic carbocycles. The predicted molar refractivity (Wildman–Crippen MR) is 75.9 cm³/mol. The van der Waals surface area contributed by atoms with Gasteiger partial charge < -0.3 is 10.1 Å². The number of carbonyl (C=O) groups excluding carboxylic acids is 1. The van der Waals surface area contributed by atoms with Gasteiger partial charge in [-0.1, -0.05) is 18.2 Å². The van der Waals surface area contributed by atoms with E-state index in [-0.39, 0.29) is 30.4 Å². The van der Waals surface area contributed by atoms with Crippen molar-refractivity contribution in [1.82, 2.24) is 5.32 Å². The summed E-state index contributed by atoms with van der Waals surface area (Å²) in [5, 5.41) is 2.98. The molecular formula is C16H16F7NO. The Kier molecular flexibility index (Phi) is 5.18. The third-order valence-corrected chi connectivity index (χ3v) is 4.65. The molecule has 0 aromatic heterocycles. The number of hydrogen-bond donors (Lipinski definition) is 1. The summed E-state index contributed by atoms with van der Waals surface area (Å²) in [5.74, 6) is -0.383. The van der Waals surface area contributed by atoms with Crippen LogP contribution in [0.1, 0.15) is 35.4 Å². The van der Waals surface area contributed by atoms with E-state index >= 15 is 0 Å². The zero-order valence-corrected chi connectivity index (χ0v) is 13.1. The second-order valence-electron chi connectivity index (χ2n) is 6.01. The smallest absolute Gasteiger partial charge is 0.316 e. The fourth-order valence-electron chi connectivity index (χ4n) is 3.36. The first kappa shape index (κ1) is 19.7. The Hall–Kier alpha value is -1.64. The van der Waals surface area contributed by atoms with Crippen molar-refractivity contribution < 1.29 is 35.5 Å². The molecule has 2 nitrogen and oxygen atoms in total. The van der Waals surface area contributed by atoms with Gasteiger partial charge >= 0.3 is 18.0 Å². The van der Waals surface area contributed by atoms with Gasteiger partial charge in [0.2, 0.25) is 0 Å². The highest BCUT2D eigenvalue weighted by Gasteiger charge is 2.73. The van der Waals surface area contributed by atoms with Gasteiger partial charge in [0, 0.05) is 23.9 Å². The van der Waals surface area contributed by atoms with Gasteiger partial charge in [0.15, 0.2) is 0 Å². The van der Waals surface area contributed by atoms with Gasteiger partial charge in [-0.05, 0) is 31.0 Å². The lowest BCUT2D eigenvalue weighted by Crippen LogP contribution is -2.50. The van der Waals surface area contributed by atoms with Crippen LogP contribution >= 0.6 is 0 Å². The summed E-state index contributed by atoms with van der Waals surface area (Å²) in [4.78, 5) is 10.8. The fourth-order valence-corrected chi connectivity index (χ4v) is 3.36. The minimum atomic E-state index is -6.14. The lowest BCUT2D eigenvalue weighted by molar-refractivity contribution is -0.348. The quantitative estimate of drug-likeness (QED) is 0.636. The van der Waals surface area contributed by atoms with Crippen LogP contribution in [0, 0.1) is 0 Å². The lowest BCUT2D eigenvalue weighted by atomic mass is 9.76. The summed E-state index contributed by atoms with van der Waals surface area (Å²) in [6, 6.07) is 2.06. The Morgan fingerprint density at radius 1 is 1.12 bits per heavy atom. The summed E-state index contributed by atoms with van der Waals surface area (Å²) >= 11 is 0. The van der Waals surface area contributed by atoms with Gasteiger partial charge in [0.1, 0.15) is 6.29 Å². The molecule has 1 unspecified atom stereocenters. The average molecular weight is 371 g/mol. The number of halogens is 7. The number of fused-ring (bicyclic) bond motifs is 1. The molecule has 1 aromatic rings. The molecule has 0 saturated heterocycles. The highest BCUT2D eigenvalue weighted by Crippen LogP contribution is 2.53. The molecule has 25 heavy (non-hydrogen) atoms. The Balaban J connectivity index is 2.56. The molecule has 0 radical (unpaired) electrons. The third-order valence-electron chi connectivity index (χ3n) is 4.65. The van der Waals surface area contributed by atoms with Crippen LogP contribution in [0.3, 0.4) is 0 Å². The summed E-state index contributed by atoms with van der Waals surface area (Å²) in [5.41, 5.74) is -6.26. The largest absolute Gasteiger partial charge is 0.435 e. The first-order valence-electron chi connectivity index (χ1n) is 7.54. The van der Waals surface area contributed by atoms with Crippen molar-refractivity contribution in [3.63, 3.8) is 0 Å². The van der Waals surface area contributed by atoms with E-state index in [1.165, 1.54) is 0 Å². The van der Waals surface area contributed by atoms with E-state index in [1.807, 2.05) is 0 Å². The van der Waals surface area contributed by atoms with Crippen molar-refractivity contribution in [3.8, 4) is 0 Å². The molecule has 0 fully saturated rings. The number of nitrogens with one attached hydrogen (secondary N) is 1. The van der Waals surface area contributed by atoms with Crippen molar-refractivity contribution in [1.29, 1.82) is 0 Å². The maximum absolute atomic E-state index is 14.2. The highest BCUT2D eigenvalue weighted by molar-refractivity contribution is 5.54. The first-order valence-corrected chi connectivity index (χ1v) is 7.54. The number of carbonyl (C=O) groups is 1. The first-order chi connectivity index (χ1) is 11.5. The van der Waals surface area contributed by atoms with E-state index in [4.69, 9.17) is 0 Å². The van der Waals surface area contributed by atoms with Crippen LogP contribution in [0.15, 0.2) is 18.2 Å². The van der Waals surface area contributed by atoms with Crippen LogP contribution in [0.4, 0.5) is 30.7 Å². The summed E-state index contributed by atoms with van der Waals surface area (Å²) in [6.45, 7) is 0. The Morgan fingerprint density at radius 2 is 1.72 bits per heavy atom. The molecule has 1 aliphatic carbocycles. The highest BCUT2D eigenvalue weighted by atomic mass is 19.4. The standard InChI is InChI=1S/C16H16F7NO/c1-24-13-5-2-9-8-10(3-4-11(9)12(13)6-7-25)14(17,15(18,19)20)16(21,22)23/h3-4,7-8,12-13,24H,2,5-6H2,1H3/t12-,13?/m0/s1. The fraction of sp³-hybridized carbons (Fsp3) is 0.562. The number of hydrogen-bond acceptors (Lipinski definition) is 2. The number of likely N-dealkylation sites (N-methyl/N-ethyl adjacent to an activating group) is 1. The van der Waals surface area contributed by atoms with Gasteiger partial charge in [0.25, 0.3) is 0 Å². The minimum Gasteiger partial charge on any atom is -0.316 e. The van der Waals surface area contributed by atoms with Crippen molar-refractivity contribution in [2.75, 3.05) is 7.05 Å². The van der Waals surface area contributed by atoms with Crippen LogP contribution < -0.4 is 5.32 Å². The molecule has 2 atom stereocenters. The molecule has 1 aliphatic rings. The van der Waals surface area contributed by atoms with Crippen molar-refractivity contribution in [3.05, 3.63) is 34.9 Å². The number of alkyl halides is 7. The number of aldehydes is 1. The third kappa shape index (κ3) is 3.26. The maximum atomic E-state index is 14.2. The average Bonchev–Trinajstić information content (AvgIpc) is 2.52. The Labute approximate surface area is 139 Å². The molecule has 0 amide bonds. The van der Waals surface area contributed by atoms with Crippen LogP contribution in [0.5, 0.6) is 0 Å². The van der Waals surface area contributed by atoms with E-state index in [0.717, 1.165) is 6.07 Å². The van der Waals surface area contributed by atoms with Crippen molar-refractivity contribution in [2.24, 2.45) is 0 Å². The van der Waals surface area contributed by atoms with Gasteiger partial charge in [-0.2, -0.15) is 26.3 Å². The molecule has 0 bridgehead atoms. The van der Waals surface area contributed by atoms with Crippen molar-refractivity contribution >= 4 is 6.29 Å². The van der Waals surface area contributed by atoms with Crippen LogP contribution in [0.2, 0.25) is 0 Å². The maximum Gasteiger partial charge on any atom is 0.435 e. The number of rotatable bonds is 4. The zero-order valence-electron chi connectivity index (χ0n) is 13.1. The molecule has 0 saturated carbocycles. The molecule has 1 N–H and O–H groups in total. The summed E-state index contributed by atoms with van der Waals surface area (Å²) in [7, 11) is 1.65. The molecule has 140 valence electrons. The van der Waals surface area contributed by atoms with Gasteiger partial charge in [-0.25, -0.2) is 4.39 Å². The van der Waals surface area contributed by atoms with Crippen molar-refractivity contribution in [2.45, 2.75) is 49.2 Å². The molecule has 9 heteroatoms. The van der Waals surface area contributed by atoms with Gasteiger partial charge in [0.05, 0.1) is 0 Å². The normalized spacial score (nSPS) is 21.8. The van der Waals surface area contributed by atoms with Crippen LogP contribution in [-0.2, 0) is 16.9 Å². The minimum absolute atomic E-state index is 0.0666. The Morgan fingerprint density at radius 3 is 2.20 bits per heavy atom. The van der Waals surface area contributed by atoms with E-state index in [0.29, 0.717) is 30.4 Å². The number of benzene rings is 1. The number of aryl methyl sites for hydroxylation is 1. The molecule has 0 heterocycles. The van der Waals surface area contributed by atoms with E-state index in [1.54, 1.807) is 7.05 Å².